The molecule has 2 heterocycles. The zero-order chi connectivity index (χ0) is 21.2. The average Bonchev–Trinajstić information content (AvgIpc) is 2.80. The molecular weight excluding hydrogens is 391 g/mol. The van der Waals surface area contributed by atoms with Gasteiger partial charge in [-0.25, -0.2) is 14.4 Å². The van der Waals surface area contributed by atoms with Crippen LogP contribution in [0.15, 0.2) is 60.8 Å². The van der Waals surface area contributed by atoms with Gasteiger partial charge in [-0.2, -0.15) is 0 Å². The number of piperazine rings is 1. The lowest BCUT2D eigenvalue weighted by atomic mass is 9.82. The van der Waals surface area contributed by atoms with Crippen LogP contribution >= 0.6 is 0 Å². The van der Waals surface area contributed by atoms with Crippen molar-refractivity contribution >= 4 is 11.7 Å². The van der Waals surface area contributed by atoms with E-state index in [1.165, 1.54) is 17.7 Å². The Labute approximate surface area is 181 Å². The number of fused-ring (bicyclic) bond motifs is 1. The molecular formula is C25H25FN4O. The van der Waals surface area contributed by atoms with E-state index in [2.05, 4.69) is 39.0 Å². The summed E-state index contributed by atoms with van der Waals surface area (Å²) in [5.41, 5.74) is 3.74. The molecule has 1 saturated heterocycles. The van der Waals surface area contributed by atoms with Crippen LogP contribution in [-0.4, -0.2) is 46.8 Å². The molecule has 1 aliphatic carbocycles. The van der Waals surface area contributed by atoms with Crippen LogP contribution in [-0.2, 0) is 13.0 Å². The highest BCUT2D eigenvalue weighted by molar-refractivity contribution is 5.98. The van der Waals surface area contributed by atoms with E-state index in [-0.39, 0.29) is 17.5 Å². The summed E-state index contributed by atoms with van der Waals surface area (Å²) in [6.45, 7) is 4.58. The summed E-state index contributed by atoms with van der Waals surface area (Å²) < 4.78 is 13.3. The topological polar surface area (TPSA) is 49.3 Å². The smallest absolute Gasteiger partial charge is 0.225 e. The molecule has 0 spiro atoms. The predicted molar refractivity (Wildman–Crippen MR) is 118 cm³/mol. The van der Waals surface area contributed by atoms with Gasteiger partial charge in [0.1, 0.15) is 5.82 Å². The Bertz CT molecular complexity index is 1060. The fourth-order valence-corrected chi connectivity index (χ4v) is 4.51. The van der Waals surface area contributed by atoms with Crippen LogP contribution in [0.1, 0.15) is 39.5 Å². The van der Waals surface area contributed by atoms with E-state index in [1.807, 2.05) is 6.07 Å². The molecule has 1 atom stereocenters. The third-order valence-electron chi connectivity index (χ3n) is 6.27. The number of aromatic nitrogens is 2. The highest BCUT2D eigenvalue weighted by atomic mass is 19.1. The number of nitrogens with zero attached hydrogens (tertiary/aromatic N) is 4. The minimum Gasteiger partial charge on any atom is -0.338 e. The molecule has 1 aromatic heterocycles. The van der Waals surface area contributed by atoms with Crippen molar-refractivity contribution in [1.82, 2.24) is 14.9 Å². The third kappa shape index (κ3) is 4.35. The van der Waals surface area contributed by atoms with Gasteiger partial charge in [0.05, 0.1) is 11.3 Å². The molecule has 6 heteroatoms. The summed E-state index contributed by atoms with van der Waals surface area (Å²) >= 11 is 0. The molecule has 0 N–H and O–H groups in total. The largest absolute Gasteiger partial charge is 0.338 e. The van der Waals surface area contributed by atoms with Crippen LogP contribution in [0.3, 0.4) is 0 Å². The molecule has 0 amide bonds. The van der Waals surface area contributed by atoms with Crippen molar-refractivity contribution in [3.63, 3.8) is 0 Å². The van der Waals surface area contributed by atoms with Crippen LogP contribution < -0.4 is 4.90 Å². The van der Waals surface area contributed by atoms with E-state index in [4.69, 9.17) is 4.98 Å². The summed E-state index contributed by atoms with van der Waals surface area (Å²) in [7, 11) is 0. The van der Waals surface area contributed by atoms with E-state index in [9.17, 15) is 9.18 Å². The number of benzene rings is 2. The molecule has 5 nitrogen and oxygen atoms in total. The number of rotatable bonds is 4. The molecule has 0 bridgehead atoms. The molecule has 1 fully saturated rings. The van der Waals surface area contributed by atoms with Gasteiger partial charge in [0.15, 0.2) is 5.78 Å². The second-order valence-electron chi connectivity index (χ2n) is 8.36. The molecule has 158 valence electrons. The predicted octanol–water partition coefficient (Wildman–Crippen LogP) is 3.85. The van der Waals surface area contributed by atoms with Gasteiger partial charge in [0, 0.05) is 45.3 Å². The SMILES string of the molecule is O=C1C[C@@H](c2ccc(F)cc2)Cc2nc(N3CCN(Cc4ccccc4)CC3)ncc21. The monoisotopic (exact) mass is 416 g/mol. The first kappa shape index (κ1) is 19.8. The van der Waals surface area contributed by atoms with Crippen molar-refractivity contribution in [2.45, 2.75) is 25.3 Å². The van der Waals surface area contributed by atoms with Crippen LogP contribution in [0.2, 0.25) is 0 Å². The Kier molecular flexibility index (Phi) is 5.47. The third-order valence-corrected chi connectivity index (χ3v) is 6.27. The second-order valence-corrected chi connectivity index (χ2v) is 8.36. The van der Waals surface area contributed by atoms with E-state index < -0.39 is 0 Å². The highest BCUT2D eigenvalue weighted by Crippen LogP contribution is 2.32. The first-order chi connectivity index (χ1) is 15.2. The molecule has 1 aliphatic heterocycles. The molecule has 2 aromatic carbocycles. The molecule has 0 saturated carbocycles. The standard InChI is InChI=1S/C25H25FN4O/c26-21-8-6-19(7-9-21)20-14-23-22(24(31)15-20)16-27-25(28-23)30-12-10-29(11-13-30)17-18-4-2-1-3-5-18/h1-9,16,20H,10-15,17H2/t20-/m0/s1. The van der Waals surface area contributed by atoms with Gasteiger partial charge < -0.3 is 4.90 Å². The fourth-order valence-electron chi connectivity index (χ4n) is 4.51. The lowest BCUT2D eigenvalue weighted by molar-refractivity contribution is 0.0962. The Balaban J connectivity index is 1.27. The van der Waals surface area contributed by atoms with Gasteiger partial charge in [0.25, 0.3) is 0 Å². The van der Waals surface area contributed by atoms with E-state index in [1.54, 1.807) is 18.3 Å². The van der Waals surface area contributed by atoms with Gasteiger partial charge in [-0.05, 0) is 35.6 Å². The lowest BCUT2D eigenvalue weighted by Gasteiger charge is -2.35. The second kappa shape index (κ2) is 8.55. The fraction of sp³-hybridized carbons (Fsp3) is 0.320. The Morgan fingerprint density at radius 2 is 1.68 bits per heavy atom. The Morgan fingerprint density at radius 1 is 0.935 bits per heavy atom. The minimum absolute atomic E-state index is 0.0334. The molecule has 2 aliphatic rings. The number of ketones is 1. The van der Waals surface area contributed by atoms with Gasteiger partial charge in [-0.1, -0.05) is 42.5 Å². The number of anilines is 1. The number of hydrogen-bond donors (Lipinski definition) is 0. The van der Waals surface area contributed by atoms with Crippen molar-refractivity contribution in [3.8, 4) is 0 Å². The van der Waals surface area contributed by atoms with Crippen molar-refractivity contribution in [2.75, 3.05) is 31.1 Å². The molecule has 5 rings (SSSR count). The first-order valence-corrected chi connectivity index (χ1v) is 10.8. The van der Waals surface area contributed by atoms with E-state index >= 15 is 0 Å². The number of hydrogen-bond acceptors (Lipinski definition) is 5. The van der Waals surface area contributed by atoms with E-state index in [0.717, 1.165) is 44.0 Å². The summed E-state index contributed by atoms with van der Waals surface area (Å²) in [6, 6.07) is 17.0. The van der Waals surface area contributed by atoms with Crippen LogP contribution in [0.25, 0.3) is 0 Å². The molecule has 3 aromatic rings. The number of carbonyl (C=O) groups excluding carboxylic acids is 1. The highest BCUT2D eigenvalue weighted by Gasteiger charge is 2.29. The molecule has 0 unspecified atom stereocenters. The summed E-state index contributed by atoms with van der Waals surface area (Å²) in [6.07, 6.45) is 2.78. The Hall–Kier alpha value is -3.12. The van der Waals surface area contributed by atoms with Crippen molar-refractivity contribution in [3.05, 3.63) is 89.0 Å². The van der Waals surface area contributed by atoms with Crippen molar-refractivity contribution in [2.24, 2.45) is 0 Å². The number of halogens is 1. The van der Waals surface area contributed by atoms with Crippen LogP contribution in [0.5, 0.6) is 0 Å². The van der Waals surface area contributed by atoms with Gasteiger partial charge in [-0.15, -0.1) is 0 Å². The maximum absolute atomic E-state index is 13.3. The van der Waals surface area contributed by atoms with Crippen molar-refractivity contribution in [1.29, 1.82) is 0 Å². The normalized spacial score (nSPS) is 19.3. The molecule has 0 radical (unpaired) electrons. The maximum Gasteiger partial charge on any atom is 0.225 e. The zero-order valence-electron chi connectivity index (χ0n) is 17.4. The summed E-state index contributed by atoms with van der Waals surface area (Å²) in [4.78, 5) is 26.6. The quantitative estimate of drug-likeness (QED) is 0.647. The van der Waals surface area contributed by atoms with Crippen LogP contribution in [0, 0.1) is 5.82 Å². The summed E-state index contributed by atoms with van der Waals surface area (Å²) in [5.74, 6) is 0.536. The van der Waals surface area contributed by atoms with Crippen LogP contribution in [0.4, 0.5) is 10.3 Å². The first-order valence-electron chi connectivity index (χ1n) is 10.8. The number of Topliss-reactive ketones (excluding diaryl/α,β-unsaturated/α-hetero) is 1. The average molecular weight is 417 g/mol. The lowest BCUT2D eigenvalue weighted by Crippen LogP contribution is -2.46. The minimum atomic E-state index is -0.262. The molecule has 31 heavy (non-hydrogen) atoms. The number of carbonyl (C=O) groups is 1. The van der Waals surface area contributed by atoms with Gasteiger partial charge >= 0.3 is 0 Å². The summed E-state index contributed by atoms with van der Waals surface area (Å²) in [5, 5.41) is 0. The van der Waals surface area contributed by atoms with Gasteiger partial charge in [0.2, 0.25) is 5.95 Å². The van der Waals surface area contributed by atoms with Crippen molar-refractivity contribution < 1.29 is 9.18 Å². The maximum atomic E-state index is 13.3. The zero-order valence-corrected chi connectivity index (χ0v) is 17.4. The van der Waals surface area contributed by atoms with Gasteiger partial charge in [-0.3, -0.25) is 9.69 Å². The Morgan fingerprint density at radius 3 is 2.42 bits per heavy atom. The van der Waals surface area contributed by atoms with E-state index in [0.29, 0.717) is 24.4 Å².